The maximum atomic E-state index is 6.15. The van der Waals surface area contributed by atoms with Crippen LogP contribution in [0, 0.1) is 0 Å². The Balaban J connectivity index is 1.90. The lowest BCUT2D eigenvalue weighted by molar-refractivity contribution is 0.339. The van der Waals surface area contributed by atoms with Gasteiger partial charge in [-0.2, -0.15) is 0 Å². The van der Waals surface area contributed by atoms with Gasteiger partial charge in [-0.3, -0.25) is 9.97 Å². The summed E-state index contributed by atoms with van der Waals surface area (Å²) >= 11 is 6.15. The second-order valence-corrected chi connectivity index (χ2v) is 6.48. The van der Waals surface area contributed by atoms with Crippen LogP contribution in [0.1, 0.15) is 6.92 Å². The predicted octanol–water partition coefficient (Wildman–Crippen LogP) is 4.07. The molecule has 0 saturated heterocycles. The Morgan fingerprint density at radius 1 is 1.14 bits per heavy atom. The maximum Gasteiger partial charge on any atom is 0.137 e. The fourth-order valence-corrected chi connectivity index (χ4v) is 3.24. The molecule has 0 unspecified atom stereocenters. The molecule has 0 aliphatic rings. The molecule has 0 bridgehead atoms. The molecular formula is C20H19ClN6O. The summed E-state index contributed by atoms with van der Waals surface area (Å²) in [6.45, 7) is 2.83. The van der Waals surface area contributed by atoms with Crippen molar-refractivity contribution in [3.8, 4) is 28.3 Å². The molecule has 0 atom stereocenters. The van der Waals surface area contributed by atoms with Gasteiger partial charge < -0.3 is 20.8 Å². The third kappa shape index (κ3) is 3.49. The van der Waals surface area contributed by atoms with Crippen LogP contribution >= 0.6 is 11.6 Å². The van der Waals surface area contributed by atoms with Crippen molar-refractivity contribution in [2.75, 3.05) is 18.6 Å². The quantitative estimate of drug-likeness (QED) is 0.426. The van der Waals surface area contributed by atoms with Crippen molar-refractivity contribution in [3.63, 3.8) is 0 Å². The van der Waals surface area contributed by atoms with E-state index in [0.29, 0.717) is 24.1 Å². The minimum atomic E-state index is 0.299. The molecule has 0 spiro atoms. The molecular weight excluding hydrogens is 376 g/mol. The van der Waals surface area contributed by atoms with Gasteiger partial charge in [-0.05, 0) is 37.3 Å². The van der Waals surface area contributed by atoms with Gasteiger partial charge in [-0.15, -0.1) is 0 Å². The molecule has 0 aliphatic heterocycles. The zero-order valence-corrected chi connectivity index (χ0v) is 16.0. The number of hydrogen-bond acceptors (Lipinski definition) is 6. The van der Waals surface area contributed by atoms with Gasteiger partial charge in [0.25, 0.3) is 0 Å². The van der Waals surface area contributed by atoms with E-state index in [2.05, 4.69) is 25.3 Å². The number of ether oxygens (including phenoxy) is 1. The Labute approximate surface area is 166 Å². The first kappa shape index (κ1) is 18.2. The molecule has 4 heterocycles. The summed E-state index contributed by atoms with van der Waals surface area (Å²) in [5.41, 5.74) is 10.7. The number of hydrogen-bond donors (Lipinski definition) is 3. The average Bonchev–Trinajstić information content (AvgIpc) is 3.08. The highest BCUT2D eigenvalue weighted by atomic mass is 35.5. The number of anilines is 1. The number of aromatic nitrogens is 4. The van der Waals surface area contributed by atoms with E-state index >= 15 is 0 Å². The Morgan fingerprint density at radius 3 is 2.79 bits per heavy atom. The van der Waals surface area contributed by atoms with Gasteiger partial charge in [0, 0.05) is 18.0 Å². The van der Waals surface area contributed by atoms with Crippen LogP contribution in [0.4, 0.5) is 5.82 Å². The molecule has 4 N–H and O–H groups in total. The second kappa shape index (κ2) is 7.84. The lowest BCUT2D eigenvalue weighted by atomic mass is 10.0. The van der Waals surface area contributed by atoms with Crippen LogP contribution in [0.25, 0.3) is 33.5 Å². The standard InChI is InChI=1S/C20H19ClN6O/c1-2-28-14-3-4-15(24-10-14)18-19(12-5-6-23-17(7-12)26-11-22)27-16-8-13(21)9-25-20(16)18/h3-10,27H,2,11,22H2,1H3,(H,23,26). The lowest BCUT2D eigenvalue weighted by Gasteiger charge is -2.08. The van der Waals surface area contributed by atoms with E-state index in [-0.39, 0.29) is 0 Å². The normalized spacial score (nSPS) is 11.0. The van der Waals surface area contributed by atoms with Crippen LogP contribution in [0.3, 0.4) is 0 Å². The number of H-pyrrole nitrogens is 1. The van der Waals surface area contributed by atoms with Crippen LogP contribution in [0.15, 0.2) is 48.9 Å². The van der Waals surface area contributed by atoms with E-state index in [1.807, 2.05) is 37.3 Å². The summed E-state index contributed by atoms with van der Waals surface area (Å²) < 4.78 is 5.51. The van der Waals surface area contributed by atoms with Crippen molar-refractivity contribution < 1.29 is 4.74 Å². The molecule has 8 heteroatoms. The molecule has 28 heavy (non-hydrogen) atoms. The van der Waals surface area contributed by atoms with Gasteiger partial charge in [0.2, 0.25) is 0 Å². The SMILES string of the molecule is CCOc1ccc(-c2c(-c3ccnc(NCN)c3)[nH]c3cc(Cl)cnc23)nc1. The lowest BCUT2D eigenvalue weighted by Crippen LogP contribution is -2.11. The summed E-state index contributed by atoms with van der Waals surface area (Å²) in [6, 6.07) is 9.53. The van der Waals surface area contributed by atoms with Crippen LogP contribution in [-0.2, 0) is 0 Å². The van der Waals surface area contributed by atoms with Crippen molar-refractivity contribution in [3.05, 3.63) is 53.9 Å². The number of halogens is 1. The first-order valence-corrected chi connectivity index (χ1v) is 9.24. The molecule has 4 aromatic rings. The number of rotatable bonds is 6. The number of pyridine rings is 3. The van der Waals surface area contributed by atoms with Crippen LogP contribution < -0.4 is 15.8 Å². The maximum absolute atomic E-state index is 6.15. The summed E-state index contributed by atoms with van der Waals surface area (Å²) in [4.78, 5) is 16.8. The van der Waals surface area contributed by atoms with E-state index in [1.165, 1.54) is 0 Å². The molecule has 4 rings (SSSR count). The molecule has 4 aromatic heterocycles. The Hall–Kier alpha value is -3.16. The Bertz CT molecular complexity index is 1110. The number of nitrogens with zero attached hydrogens (tertiary/aromatic N) is 3. The monoisotopic (exact) mass is 394 g/mol. The third-order valence-corrected chi connectivity index (χ3v) is 4.44. The smallest absolute Gasteiger partial charge is 0.137 e. The van der Waals surface area contributed by atoms with Gasteiger partial charge in [-0.25, -0.2) is 4.98 Å². The van der Waals surface area contributed by atoms with Crippen molar-refractivity contribution >= 4 is 28.5 Å². The largest absolute Gasteiger partial charge is 0.492 e. The van der Waals surface area contributed by atoms with Crippen molar-refractivity contribution in [2.45, 2.75) is 6.92 Å². The van der Waals surface area contributed by atoms with Crippen molar-refractivity contribution in [1.82, 2.24) is 19.9 Å². The topological polar surface area (TPSA) is 102 Å². The van der Waals surface area contributed by atoms with Gasteiger partial charge in [0.15, 0.2) is 0 Å². The molecule has 0 aliphatic carbocycles. The third-order valence-electron chi connectivity index (χ3n) is 4.24. The molecule has 0 fully saturated rings. The minimum Gasteiger partial charge on any atom is -0.492 e. The molecule has 0 amide bonds. The number of fused-ring (bicyclic) bond motifs is 1. The molecule has 7 nitrogen and oxygen atoms in total. The van der Waals surface area contributed by atoms with Crippen molar-refractivity contribution in [1.29, 1.82) is 0 Å². The Kier molecular flexibility index (Phi) is 5.10. The average molecular weight is 395 g/mol. The van der Waals surface area contributed by atoms with Crippen LogP contribution in [-0.4, -0.2) is 33.2 Å². The number of nitrogens with two attached hydrogens (primary N) is 1. The number of aromatic amines is 1. The summed E-state index contributed by atoms with van der Waals surface area (Å²) in [5.74, 6) is 1.41. The van der Waals surface area contributed by atoms with E-state index in [9.17, 15) is 0 Å². The van der Waals surface area contributed by atoms with Gasteiger partial charge in [0.1, 0.15) is 11.6 Å². The number of nitrogens with one attached hydrogen (secondary N) is 2. The van der Waals surface area contributed by atoms with Gasteiger partial charge in [-0.1, -0.05) is 11.6 Å². The van der Waals surface area contributed by atoms with E-state index < -0.39 is 0 Å². The summed E-state index contributed by atoms with van der Waals surface area (Å²) in [6.07, 6.45) is 5.08. The van der Waals surface area contributed by atoms with Crippen molar-refractivity contribution in [2.24, 2.45) is 5.73 Å². The summed E-state index contributed by atoms with van der Waals surface area (Å²) in [5, 5.41) is 3.59. The highest BCUT2D eigenvalue weighted by molar-refractivity contribution is 6.31. The molecule has 142 valence electrons. The van der Waals surface area contributed by atoms with E-state index in [1.54, 1.807) is 18.6 Å². The predicted molar refractivity (Wildman–Crippen MR) is 111 cm³/mol. The zero-order chi connectivity index (χ0) is 19.5. The molecule has 0 saturated carbocycles. The molecule has 0 radical (unpaired) electrons. The zero-order valence-electron chi connectivity index (χ0n) is 15.2. The van der Waals surface area contributed by atoms with Crippen LogP contribution in [0.5, 0.6) is 5.75 Å². The molecule has 0 aromatic carbocycles. The van der Waals surface area contributed by atoms with Crippen LogP contribution in [0.2, 0.25) is 5.02 Å². The first-order chi connectivity index (χ1) is 13.7. The highest BCUT2D eigenvalue weighted by Crippen LogP contribution is 2.37. The van der Waals surface area contributed by atoms with Gasteiger partial charge in [0.05, 0.1) is 52.5 Å². The fraction of sp³-hybridized carbons (Fsp3) is 0.150. The fourth-order valence-electron chi connectivity index (χ4n) is 3.08. The highest BCUT2D eigenvalue weighted by Gasteiger charge is 2.18. The van der Waals surface area contributed by atoms with E-state index in [0.717, 1.165) is 39.3 Å². The first-order valence-electron chi connectivity index (χ1n) is 8.86. The van der Waals surface area contributed by atoms with Gasteiger partial charge >= 0.3 is 0 Å². The summed E-state index contributed by atoms with van der Waals surface area (Å²) in [7, 11) is 0. The minimum absolute atomic E-state index is 0.299. The Morgan fingerprint density at radius 2 is 2.04 bits per heavy atom. The second-order valence-electron chi connectivity index (χ2n) is 6.05. The van der Waals surface area contributed by atoms with E-state index in [4.69, 9.17) is 22.1 Å².